The van der Waals surface area contributed by atoms with Crippen LogP contribution in [0.25, 0.3) is 10.6 Å². The van der Waals surface area contributed by atoms with Crippen LogP contribution in [0.1, 0.15) is 22.0 Å². The van der Waals surface area contributed by atoms with Crippen LogP contribution in [0.4, 0.5) is 26.3 Å². The van der Waals surface area contributed by atoms with Gasteiger partial charge in [-0.05, 0) is 23.8 Å². The third-order valence-electron chi connectivity index (χ3n) is 5.22. The molecule has 1 N–H and O–H groups in total. The number of nitrogens with zero attached hydrogens (tertiary/aromatic N) is 4. The van der Waals surface area contributed by atoms with E-state index in [2.05, 4.69) is 10.1 Å². The van der Waals surface area contributed by atoms with Crippen molar-refractivity contribution >= 4 is 22.9 Å². The summed E-state index contributed by atoms with van der Waals surface area (Å²) in [5, 5.41) is 14.1. The first-order valence-electron chi connectivity index (χ1n) is 10.1. The van der Waals surface area contributed by atoms with Gasteiger partial charge in [-0.25, -0.2) is 14.5 Å². The van der Waals surface area contributed by atoms with Crippen LogP contribution >= 0.6 is 22.9 Å². The zero-order valence-corrected chi connectivity index (χ0v) is 19.4. The standard InChI is InChI=1S/C22H15ClF6N4O2S/c23-13-7-5-12(6-8-13)17(18(34)22(27,28)29)32-11-31-33(20(32)35)10-14-9-30-19(36-14)15-3-1-2-4-16(15)21(24,25)26/h1-9,11,17-18,34H,10H2/t17?,18-/m0/s1. The number of aromatic nitrogens is 4. The predicted molar refractivity (Wildman–Crippen MR) is 120 cm³/mol. The summed E-state index contributed by atoms with van der Waals surface area (Å²) in [7, 11) is 0. The number of thiazole rings is 1. The van der Waals surface area contributed by atoms with Crippen LogP contribution < -0.4 is 5.69 Å². The molecular formula is C22H15ClF6N4O2S. The monoisotopic (exact) mass is 548 g/mol. The molecule has 0 aliphatic carbocycles. The van der Waals surface area contributed by atoms with E-state index in [1.807, 2.05) is 0 Å². The number of aliphatic hydroxyl groups is 1. The first kappa shape index (κ1) is 25.9. The largest absolute Gasteiger partial charge is 0.417 e. The first-order valence-corrected chi connectivity index (χ1v) is 11.3. The van der Waals surface area contributed by atoms with Crippen molar-refractivity contribution in [3.8, 4) is 10.6 Å². The molecule has 0 radical (unpaired) electrons. The van der Waals surface area contributed by atoms with Crippen molar-refractivity contribution in [3.63, 3.8) is 0 Å². The highest BCUT2D eigenvalue weighted by Gasteiger charge is 2.45. The van der Waals surface area contributed by atoms with Gasteiger partial charge in [0.05, 0.1) is 18.2 Å². The molecule has 190 valence electrons. The Morgan fingerprint density at radius 1 is 1.03 bits per heavy atom. The molecule has 6 nitrogen and oxygen atoms in total. The van der Waals surface area contributed by atoms with Crippen molar-refractivity contribution in [2.24, 2.45) is 0 Å². The van der Waals surface area contributed by atoms with E-state index in [0.717, 1.165) is 28.4 Å². The summed E-state index contributed by atoms with van der Waals surface area (Å²) in [5.74, 6) is 0. The summed E-state index contributed by atoms with van der Waals surface area (Å²) >= 11 is 6.68. The zero-order valence-electron chi connectivity index (χ0n) is 17.8. The second kappa shape index (κ2) is 9.71. The molecule has 0 spiro atoms. The Morgan fingerprint density at radius 2 is 1.69 bits per heavy atom. The molecule has 0 bridgehead atoms. The molecule has 0 aliphatic rings. The predicted octanol–water partition coefficient (Wildman–Crippen LogP) is 5.40. The summed E-state index contributed by atoms with van der Waals surface area (Å²) in [6, 6.07) is 8.16. The molecule has 0 aliphatic heterocycles. The van der Waals surface area contributed by atoms with Gasteiger partial charge in [0.1, 0.15) is 11.3 Å². The van der Waals surface area contributed by atoms with Crippen molar-refractivity contribution < 1.29 is 31.4 Å². The maximum absolute atomic E-state index is 13.4. The van der Waals surface area contributed by atoms with Gasteiger partial charge < -0.3 is 5.11 Å². The maximum atomic E-state index is 13.4. The lowest BCUT2D eigenvalue weighted by Crippen LogP contribution is -2.41. The van der Waals surface area contributed by atoms with Gasteiger partial charge in [-0.15, -0.1) is 11.3 Å². The minimum absolute atomic E-state index is 0.0327. The van der Waals surface area contributed by atoms with Crippen LogP contribution in [-0.4, -0.2) is 36.7 Å². The number of hydrogen-bond acceptors (Lipinski definition) is 5. The smallest absolute Gasteiger partial charge is 0.381 e. The summed E-state index contributed by atoms with van der Waals surface area (Å²) in [5.41, 5.74) is -2.02. The lowest BCUT2D eigenvalue weighted by atomic mass is 10.0. The van der Waals surface area contributed by atoms with Crippen LogP contribution in [0.15, 0.2) is 65.8 Å². The molecule has 0 amide bonds. The third kappa shape index (κ3) is 5.32. The van der Waals surface area contributed by atoms with Crippen molar-refractivity contribution in [2.75, 3.05) is 0 Å². The van der Waals surface area contributed by atoms with Crippen molar-refractivity contribution in [3.05, 3.63) is 92.6 Å². The number of aliphatic hydroxyl groups excluding tert-OH is 1. The molecule has 0 fully saturated rings. The second-order valence-electron chi connectivity index (χ2n) is 7.64. The van der Waals surface area contributed by atoms with Crippen LogP contribution in [0.3, 0.4) is 0 Å². The van der Waals surface area contributed by atoms with Crippen molar-refractivity contribution in [1.82, 2.24) is 19.3 Å². The van der Waals surface area contributed by atoms with E-state index in [9.17, 15) is 36.2 Å². The average Bonchev–Trinajstić information content (AvgIpc) is 3.42. The Kier molecular flexibility index (Phi) is 6.99. The molecule has 2 aromatic carbocycles. The molecule has 1 unspecified atom stereocenters. The van der Waals surface area contributed by atoms with E-state index in [0.29, 0.717) is 9.44 Å². The highest BCUT2D eigenvalue weighted by molar-refractivity contribution is 7.15. The quantitative estimate of drug-likeness (QED) is 0.327. The Morgan fingerprint density at radius 3 is 2.33 bits per heavy atom. The summed E-state index contributed by atoms with van der Waals surface area (Å²) in [6.45, 7) is -0.257. The van der Waals surface area contributed by atoms with Gasteiger partial charge in [-0.1, -0.05) is 41.9 Å². The van der Waals surface area contributed by atoms with Gasteiger partial charge in [-0.2, -0.15) is 31.4 Å². The van der Waals surface area contributed by atoms with Crippen molar-refractivity contribution in [2.45, 2.75) is 31.0 Å². The summed E-state index contributed by atoms with van der Waals surface area (Å²) in [6.07, 6.45) is -10.5. The second-order valence-corrected chi connectivity index (χ2v) is 9.19. The lowest BCUT2D eigenvalue weighted by molar-refractivity contribution is -0.213. The van der Waals surface area contributed by atoms with Gasteiger partial charge in [0.25, 0.3) is 0 Å². The lowest BCUT2D eigenvalue weighted by Gasteiger charge is -2.25. The van der Waals surface area contributed by atoms with E-state index in [4.69, 9.17) is 11.6 Å². The van der Waals surface area contributed by atoms with E-state index in [-0.39, 0.29) is 27.7 Å². The third-order valence-corrected chi connectivity index (χ3v) is 6.49. The first-order chi connectivity index (χ1) is 16.9. The zero-order chi connectivity index (χ0) is 26.3. The molecule has 4 rings (SSSR count). The highest BCUT2D eigenvalue weighted by atomic mass is 35.5. The van der Waals surface area contributed by atoms with E-state index < -0.39 is 35.8 Å². The number of alkyl halides is 6. The minimum Gasteiger partial charge on any atom is -0.381 e. The average molecular weight is 549 g/mol. The maximum Gasteiger partial charge on any atom is 0.417 e. The SMILES string of the molecule is O=c1n(C(c2ccc(Cl)cc2)[C@H](O)C(F)(F)F)cnn1Cc1cnc(-c2ccccc2C(F)(F)F)s1. The minimum atomic E-state index is -5.05. The van der Waals surface area contributed by atoms with Crippen LogP contribution in [-0.2, 0) is 12.7 Å². The Hall–Kier alpha value is -3.16. The van der Waals surface area contributed by atoms with Crippen LogP contribution in [0, 0.1) is 0 Å². The molecule has 2 aromatic heterocycles. The molecule has 14 heteroatoms. The van der Waals surface area contributed by atoms with E-state index >= 15 is 0 Å². The topological polar surface area (TPSA) is 72.9 Å². The number of halogens is 7. The fourth-order valence-electron chi connectivity index (χ4n) is 3.55. The van der Waals surface area contributed by atoms with Gasteiger partial charge in [0, 0.05) is 21.7 Å². The molecular weight excluding hydrogens is 534 g/mol. The summed E-state index contributed by atoms with van der Waals surface area (Å²) in [4.78, 5) is 17.3. The van der Waals surface area contributed by atoms with Gasteiger partial charge in [-0.3, -0.25) is 4.57 Å². The fourth-order valence-corrected chi connectivity index (χ4v) is 4.61. The Bertz CT molecular complexity index is 1410. The Balaban J connectivity index is 1.67. The van der Waals surface area contributed by atoms with Gasteiger partial charge in [0.2, 0.25) is 0 Å². The van der Waals surface area contributed by atoms with Crippen LogP contribution in [0.2, 0.25) is 5.02 Å². The molecule has 0 saturated heterocycles. The molecule has 0 saturated carbocycles. The highest BCUT2D eigenvalue weighted by Crippen LogP contribution is 2.38. The molecule has 2 atom stereocenters. The summed E-state index contributed by atoms with van der Waals surface area (Å²) < 4.78 is 81.7. The van der Waals surface area contributed by atoms with Gasteiger partial charge in [0.15, 0.2) is 6.10 Å². The molecule has 2 heterocycles. The fraction of sp³-hybridized carbons (Fsp3) is 0.227. The molecule has 4 aromatic rings. The molecule has 36 heavy (non-hydrogen) atoms. The number of hydrogen-bond donors (Lipinski definition) is 1. The number of rotatable bonds is 6. The normalized spacial score (nSPS) is 14.1. The number of benzene rings is 2. The van der Waals surface area contributed by atoms with E-state index in [1.54, 1.807) is 0 Å². The van der Waals surface area contributed by atoms with Crippen LogP contribution in [0.5, 0.6) is 0 Å². The van der Waals surface area contributed by atoms with Crippen molar-refractivity contribution in [1.29, 1.82) is 0 Å². The van der Waals surface area contributed by atoms with Gasteiger partial charge >= 0.3 is 18.0 Å². The Labute approximate surface area is 208 Å². The van der Waals surface area contributed by atoms with E-state index in [1.165, 1.54) is 48.7 Å².